The lowest BCUT2D eigenvalue weighted by Crippen LogP contribution is -2.36. The first-order chi connectivity index (χ1) is 9.60. The minimum atomic E-state index is -0.135. The van der Waals surface area contributed by atoms with E-state index in [0.717, 1.165) is 24.1 Å². The largest absolute Gasteiger partial charge is 0.355 e. The molecule has 1 aliphatic rings. The zero-order valence-electron chi connectivity index (χ0n) is 12.1. The molecule has 1 unspecified atom stereocenters. The number of aryl methyl sites for hydroxylation is 1. The van der Waals surface area contributed by atoms with Crippen LogP contribution in [0.1, 0.15) is 46.8 Å². The molecule has 5 heteroatoms. The summed E-state index contributed by atoms with van der Waals surface area (Å²) in [5, 5.41) is 5.43. The van der Waals surface area contributed by atoms with Crippen LogP contribution in [0.4, 0.5) is 0 Å². The Morgan fingerprint density at radius 2 is 2.20 bits per heavy atom. The Hall–Kier alpha value is -1.36. The first-order valence-electron chi connectivity index (χ1n) is 7.26. The molecule has 0 spiro atoms. The third kappa shape index (κ3) is 3.82. The molecule has 0 bridgehead atoms. The molecular formula is C15H22N2O2S. The fraction of sp³-hybridized carbons (Fsp3) is 0.600. The maximum absolute atomic E-state index is 12.0. The Kier molecular flexibility index (Phi) is 5.17. The predicted octanol–water partition coefficient (Wildman–Crippen LogP) is 2.13. The Bertz CT molecular complexity index is 496. The molecule has 20 heavy (non-hydrogen) atoms. The van der Waals surface area contributed by atoms with E-state index < -0.39 is 0 Å². The first-order valence-corrected chi connectivity index (χ1v) is 8.08. The molecule has 0 saturated carbocycles. The molecule has 1 aliphatic carbocycles. The maximum Gasteiger partial charge on any atom is 0.261 e. The van der Waals surface area contributed by atoms with Gasteiger partial charge in [-0.2, -0.15) is 0 Å². The molecule has 1 atom stereocenters. The summed E-state index contributed by atoms with van der Waals surface area (Å²) in [7, 11) is 0. The number of carbonyl (C=O) groups is 2. The monoisotopic (exact) mass is 294 g/mol. The van der Waals surface area contributed by atoms with Crippen molar-refractivity contribution in [1.82, 2.24) is 10.6 Å². The number of rotatable bonds is 5. The average molecular weight is 294 g/mol. The Morgan fingerprint density at radius 1 is 1.40 bits per heavy atom. The average Bonchev–Trinajstić information content (AvgIpc) is 2.85. The van der Waals surface area contributed by atoms with Gasteiger partial charge >= 0.3 is 0 Å². The van der Waals surface area contributed by atoms with Crippen molar-refractivity contribution < 1.29 is 9.59 Å². The van der Waals surface area contributed by atoms with Crippen LogP contribution in [0.5, 0.6) is 0 Å². The number of carbonyl (C=O) groups excluding carboxylic acids is 2. The fourth-order valence-electron chi connectivity index (χ4n) is 2.39. The van der Waals surface area contributed by atoms with Crippen molar-refractivity contribution in [2.24, 2.45) is 5.92 Å². The lowest BCUT2D eigenvalue weighted by atomic mass is 9.90. The van der Waals surface area contributed by atoms with Crippen LogP contribution < -0.4 is 10.6 Å². The molecule has 1 heterocycles. The van der Waals surface area contributed by atoms with Crippen molar-refractivity contribution in [1.29, 1.82) is 0 Å². The van der Waals surface area contributed by atoms with E-state index in [1.54, 1.807) is 11.3 Å². The molecule has 2 rings (SSSR count). The van der Waals surface area contributed by atoms with Crippen molar-refractivity contribution in [2.45, 2.75) is 39.5 Å². The van der Waals surface area contributed by atoms with Gasteiger partial charge in [0.15, 0.2) is 0 Å². The fourth-order valence-corrected chi connectivity index (χ4v) is 3.52. The molecule has 0 aliphatic heterocycles. The highest BCUT2D eigenvalue weighted by Crippen LogP contribution is 2.32. The second-order valence-electron chi connectivity index (χ2n) is 5.44. The first kappa shape index (κ1) is 15.0. The van der Waals surface area contributed by atoms with E-state index in [1.807, 2.05) is 13.0 Å². The van der Waals surface area contributed by atoms with E-state index in [-0.39, 0.29) is 18.4 Å². The summed E-state index contributed by atoms with van der Waals surface area (Å²) in [6.45, 7) is 4.95. The molecule has 1 aromatic rings. The number of thiophene rings is 1. The smallest absolute Gasteiger partial charge is 0.261 e. The Balaban J connectivity index is 1.88. The van der Waals surface area contributed by atoms with Crippen LogP contribution in [0, 0.1) is 5.92 Å². The number of fused-ring (bicyclic) bond motifs is 1. The summed E-state index contributed by atoms with van der Waals surface area (Å²) in [6.07, 6.45) is 4.24. The molecule has 0 fully saturated rings. The molecule has 2 N–H and O–H groups in total. The second kappa shape index (κ2) is 6.88. The molecule has 1 aromatic heterocycles. The van der Waals surface area contributed by atoms with Crippen molar-refractivity contribution in [3.63, 3.8) is 0 Å². The summed E-state index contributed by atoms with van der Waals surface area (Å²) >= 11 is 1.57. The number of hydrogen-bond acceptors (Lipinski definition) is 3. The van der Waals surface area contributed by atoms with Gasteiger partial charge in [0.25, 0.3) is 5.91 Å². The molecule has 0 saturated heterocycles. The van der Waals surface area contributed by atoms with Gasteiger partial charge in [0.1, 0.15) is 0 Å². The van der Waals surface area contributed by atoms with Crippen molar-refractivity contribution in [2.75, 3.05) is 13.1 Å². The minimum Gasteiger partial charge on any atom is -0.355 e. The molecule has 4 nitrogen and oxygen atoms in total. The van der Waals surface area contributed by atoms with E-state index in [2.05, 4.69) is 17.6 Å². The highest BCUT2D eigenvalue weighted by Gasteiger charge is 2.20. The number of amides is 2. The van der Waals surface area contributed by atoms with Crippen LogP contribution >= 0.6 is 11.3 Å². The van der Waals surface area contributed by atoms with Crippen LogP contribution in [0.3, 0.4) is 0 Å². The van der Waals surface area contributed by atoms with Crippen molar-refractivity contribution >= 4 is 23.2 Å². The summed E-state index contributed by atoms with van der Waals surface area (Å²) in [5.74, 6) is 0.437. The number of nitrogens with one attached hydrogen (secondary N) is 2. The quantitative estimate of drug-likeness (QED) is 0.874. The summed E-state index contributed by atoms with van der Waals surface area (Å²) in [5.41, 5.74) is 1.31. The van der Waals surface area contributed by atoms with Gasteiger partial charge in [0.2, 0.25) is 5.91 Å². The van der Waals surface area contributed by atoms with Crippen molar-refractivity contribution in [3.8, 4) is 0 Å². The minimum absolute atomic E-state index is 0.0534. The van der Waals surface area contributed by atoms with Gasteiger partial charge in [-0.15, -0.1) is 11.3 Å². The second-order valence-corrected chi connectivity index (χ2v) is 6.58. The zero-order chi connectivity index (χ0) is 14.5. The topological polar surface area (TPSA) is 58.2 Å². The molecular weight excluding hydrogens is 272 g/mol. The van der Waals surface area contributed by atoms with Crippen LogP contribution in [0.15, 0.2) is 6.07 Å². The van der Waals surface area contributed by atoms with Crippen LogP contribution in [-0.2, 0) is 17.6 Å². The van der Waals surface area contributed by atoms with Gasteiger partial charge < -0.3 is 10.6 Å². The lowest BCUT2D eigenvalue weighted by Gasteiger charge is -2.16. The third-order valence-electron chi connectivity index (χ3n) is 3.53. The maximum atomic E-state index is 12.0. The van der Waals surface area contributed by atoms with E-state index in [9.17, 15) is 9.59 Å². The molecule has 2 amide bonds. The van der Waals surface area contributed by atoms with Gasteiger partial charge in [-0.25, -0.2) is 0 Å². The highest BCUT2D eigenvalue weighted by atomic mass is 32.1. The lowest BCUT2D eigenvalue weighted by molar-refractivity contribution is -0.120. The summed E-state index contributed by atoms with van der Waals surface area (Å²) in [6, 6.07) is 1.99. The molecule has 0 aromatic carbocycles. The van der Waals surface area contributed by atoms with Crippen LogP contribution in [0.2, 0.25) is 0 Å². The van der Waals surface area contributed by atoms with Crippen LogP contribution in [-0.4, -0.2) is 24.9 Å². The highest BCUT2D eigenvalue weighted by molar-refractivity contribution is 7.14. The third-order valence-corrected chi connectivity index (χ3v) is 4.77. The SMILES string of the molecule is CCCNC(=O)CNC(=O)c1cc2c(s1)CCC(C)C2. The predicted molar refractivity (Wildman–Crippen MR) is 81.1 cm³/mol. The normalized spacial score (nSPS) is 17.4. The zero-order valence-corrected chi connectivity index (χ0v) is 12.9. The standard InChI is InChI=1S/C15H22N2O2S/c1-3-6-16-14(18)9-17-15(19)13-8-11-7-10(2)4-5-12(11)20-13/h8,10H,3-7,9H2,1-2H3,(H,16,18)(H,17,19). The van der Waals surface area contributed by atoms with E-state index in [4.69, 9.17) is 0 Å². The van der Waals surface area contributed by atoms with E-state index >= 15 is 0 Å². The summed E-state index contributed by atoms with van der Waals surface area (Å²) < 4.78 is 0. The van der Waals surface area contributed by atoms with Gasteiger partial charge in [-0.3, -0.25) is 9.59 Å². The van der Waals surface area contributed by atoms with Crippen LogP contribution in [0.25, 0.3) is 0 Å². The summed E-state index contributed by atoms with van der Waals surface area (Å²) in [4.78, 5) is 25.6. The van der Waals surface area contributed by atoms with Gasteiger partial charge in [0.05, 0.1) is 11.4 Å². The number of hydrogen-bond donors (Lipinski definition) is 2. The van der Waals surface area contributed by atoms with E-state index in [1.165, 1.54) is 16.9 Å². The van der Waals surface area contributed by atoms with Gasteiger partial charge in [-0.05, 0) is 43.2 Å². The Labute approximate surface area is 124 Å². The van der Waals surface area contributed by atoms with Crippen molar-refractivity contribution in [3.05, 3.63) is 21.4 Å². The van der Waals surface area contributed by atoms with Gasteiger partial charge in [0, 0.05) is 11.4 Å². The van der Waals surface area contributed by atoms with E-state index in [0.29, 0.717) is 12.5 Å². The molecule has 0 radical (unpaired) electrons. The Morgan fingerprint density at radius 3 is 2.95 bits per heavy atom. The van der Waals surface area contributed by atoms with Gasteiger partial charge in [-0.1, -0.05) is 13.8 Å². The molecule has 110 valence electrons.